The molecule has 24 heavy (non-hydrogen) atoms. The molecule has 2 unspecified atom stereocenters. The number of aryl methyl sites for hydroxylation is 1. The van der Waals surface area contributed by atoms with E-state index < -0.39 is 6.29 Å². The Bertz CT molecular complexity index is 626. The van der Waals surface area contributed by atoms with Gasteiger partial charge in [-0.15, -0.1) is 6.58 Å². The number of hydrogen-bond acceptors (Lipinski definition) is 2. The summed E-state index contributed by atoms with van der Waals surface area (Å²) >= 11 is 0. The molecule has 0 saturated carbocycles. The molecule has 0 saturated heterocycles. The van der Waals surface area contributed by atoms with Gasteiger partial charge in [0.1, 0.15) is 0 Å². The zero-order valence-electron chi connectivity index (χ0n) is 14.7. The van der Waals surface area contributed by atoms with Gasteiger partial charge in [0.25, 0.3) is 0 Å². The van der Waals surface area contributed by atoms with Crippen LogP contribution in [-0.4, -0.2) is 10.2 Å². The van der Waals surface area contributed by atoms with Crippen molar-refractivity contribution in [1.82, 2.24) is 0 Å². The predicted octanol–water partition coefficient (Wildman–Crippen LogP) is 5.22. The maximum absolute atomic E-state index is 9.30. The van der Waals surface area contributed by atoms with Crippen LogP contribution < -0.4 is 0 Å². The topological polar surface area (TPSA) is 40.5 Å². The van der Waals surface area contributed by atoms with Gasteiger partial charge in [0.2, 0.25) is 0 Å². The molecule has 0 aliphatic carbocycles. The average molecular weight is 324 g/mol. The van der Waals surface area contributed by atoms with Crippen LogP contribution in [0.2, 0.25) is 0 Å². The highest BCUT2D eigenvalue weighted by molar-refractivity contribution is 5.32. The smallest absolute Gasteiger partial charge is 0.178 e. The minimum absolute atomic E-state index is 0.382. The molecule has 0 amide bonds. The third-order valence-corrected chi connectivity index (χ3v) is 4.67. The molecule has 2 heteroatoms. The number of benzene rings is 2. The Kier molecular flexibility index (Phi) is 6.77. The normalized spacial score (nSPS) is 13.7. The molecule has 0 aliphatic rings. The molecule has 2 rings (SSSR count). The van der Waals surface area contributed by atoms with Gasteiger partial charge in [0, 0.05) is 5.56 Å². The van der Waals surface area contributed by atoms with Crippen molar-refractivity contribution in [1.29, 1.82) is 0 Å². The quantitative estimate of drug-likeness (QED) is 0.516. The number of rotatable bonds is 8. The van der Waals surface area contributed by atoms with E-state index in [-0.39, 0.29) is 0 Å². The maximum Gasteiger partial charge on any atom is 0.178 e. The van der Waals surface area contributed by atoms with E-state index in [0.29, 0.717) is 17.4 Å². The number of aliphatic hydroxyl groups excluding tert-OH is 1. The zero-order chi connectivity index (χ0) is 17.5. The third kappa shape index (κ3) is 4.56. The fraction of sp³-hybridized carbons (Fsp3) is 0.364. The molecule has 0 radical (unpaired) electrons. The van der Waals surface area contributed by atoms with Crippen LogP contribution in [0.3, 0.4) is 0 Å². The second-order valence-electron chi connectivity index (χ2n) is 6.48. The lowest BCUT2D eigenvalue weighted by Gasteiger charge is -2.27. The van der Waals surface area contributed by atoms with Gasteiger partial charge in [-0.25, -0.2) is 0 Å². The molecule has 0 spiro atoms. The van der Waals surface area contributed by atoms with Crippen LogP contribution in [-0.2, 0) is 0 Å². The van der Waals surface area contributed by atoms with E-state index in [9.17, 15) is 10.2 Å². The van der Waals surface area contributed by atoms with Crippen molar-refractivity contribution < 1.29 is 10.2 Å². The van der Waals surface area contributed by atoms with Crippen molar-refractivity contribution >= 4 is 0 Å². The van der Waals surface area contributed by atoms with Gasteiger partial charge in [-0.05, 0) is 42.7 Å². The average Bonchev–Trinajstić information content (AvgIpc) is 2.59. The summed E-state index contributed by atoms with van der Waals surface area (Å²) in [6, 6.07) is 16.4. The summed E-state index contributed by atoms with van der Waals surface area (Å²) in [6.45, 7) is 8.26. The fourth-order valence-corrected chi connectivity index (χ4v) is 3.35. The van der Waals surface area contributed by atoms with Crippen LogP contribution in [0, 0.1) is 6.92 Å². The minimum atomic E-state index is -1.41. The maximum atomic E-state index is 9.30. The monoisotopic (exact) mass is 324 g/mol. The molecule has 2 atom stereocenters. The minimum Gasteiger partial charge on any atom is -0.364 e. The van der Waals surface area contributed by atoms with Gasteiger partial charge in [0.05, 0.1) is 0 Å². The number of aliphatic hydroxyl groups is 2. The SMILES string of the molecule is C=CCC(c1ccc(C)cc1)C(CCC)c1ccc(C(O)O)cc1. The molecule has 0 bridgehead atoms. The van der Waals surface area contributed by atoms with Crippen molar-refractivity contribution in [2.75, 3.05) is 0 Å². The van der Waals surface area contributed by atoms with Gasteiger partial charge in [-0.3, -0.25) is 0 Å². The summed E-state index contributed by atoms with van der Waals surface area (Å²) in [7, 11) is 0. The van der Waals surface area contributed by atoms with Crippen LogP contribution in [0.15, 0.2) is 61.2 Å². The van der Waals surface area contributed by atoms with E-state index in [4.69, 9.17) is 0 Å². The Morgan fingerprint density at radius 1 is 0.875 bits per heavy atom. The third-order valence-electron chi connectivity index (χ3n) is 4.67. The van der Waals surface area contributed by atoms with Gasteiger partial charge >= 0.3 is 0 Å². The van der Waals surface area contributed by atoms with Crippen molar-refractivity contribution in [3.8, 4) is 0 Å². The molecule has 128 valence electrons. The van der Waals surface area contributed by atoms with Crippen molar-refractivity contribution in [2.45, 2.75) is 51.2 Å². The predicted molar refractivity (Wildman–Crippen MR) is 100 cm³/mol. The van der Waals surface area contributed by atoms with Gasteiger partial charge < -0.3 is 10.2 Å². The van der Waals surface area contributed by atoms with E-state index in [2.05, 4.69) is 44.7 Å². The summed E-state index contributed by atoms with van der Waals surface area (Å²) < 4.78 is 0. The molecular weight excluding hydrogens is 296 g/mol. The lowest BCUT2D eigenvalue weighted by Crippen LogP contribution is -2.12. The van der Waals surface area contributed by atoms with Crippen molar-refractivity contribution in [3.05, 3.63) is 83.4 Å². The standard InChI is InChI=1S/C22H28O2/c1-4-6-20(17-10-8-16(3)9-11-17)21(7-5-2)18-12-14-19(15-13-18)22(23)24/h4,8-15,20-24H,1,5-7H2,2-3H3. The van der Waals surface area contributed by atoms with Crippen molar-refractivity contribution in [2.24, 2.45) is 0 Å². The Balaban J connectivity index is 2.37. The Morgan fingerprint density at radius 3 is 1.88 bits per heavy atom. The van der Waals surface area contributed by atoms with E-state index >= 15 is 0 Å². The van der Waals surface area contributed by atoms with E-state index in [1.54, 1.807) is 0 Å². The Labute approximate surface area is 145 Å². The molecule has 2 N–H and O–H groups in total. The largest absolute Gasteiger partial charge is 0.364 e. The summed E-state index contributed by atoms with van der Waals surface area (Å²) in [5.41, 5.74) is 4.38. The summed E-state index contributed by atoms with van der Waals surface area (Å²) in [6.07, 6.45) is 3.71. The Hall–Kier alpha value is -1.90. The molecule has 0 heterocycles. The van der Waals surface area contributed by atoms with Crippen LogP contribution in [0.4, 0.5) is 0 Å². The van der Waals surface area contributed by atoms with E-state index in [1.807, 2.05) is 30.3 Å². The fourth-order valence-electron chi connectivity index (χ4n) is 3.35. The van der Waals surface area contributed by atoms with E-state index in [1.165, 1.54) is 16.7 Å². The summed E-state index contributed by atoms with van der Waals surface area (Å²) in [5, 5.41) is 18.6. The van der Waals surface area contributed by atoms with Gasteiger partial charge in [-0.2, -0.15) is 0 Å². The molecule has 2 nitrogen and oxygen atoms in total. The van der Waals surface area contributed by atoms with Crippen LogP contribution in [0.1, 0.15) is 66.6 Å². The van der Waals surface area contributed by atoms with Crippen molar-refractivity contribution in [3.63, 3.8) is 0 Å². The summed E-state index contributed by atoms with van der Waals surface area (Å²) in [5.74, 6) is 0.772. The van der Waals surface area contributed by atoms with E-state index in [0.717, 1.165) is 19.3 Å². The molecule has 2 aromatic carbocycles. The second-order valence-corrected chi connectivity index (χ2v) is 6.48. The summed E-state index contributed by atoms with van der Waals surface area (Å²) in [4.78, 5) is 0. The second kappa shape index (κ2) is 8.81. The molecular formula is C22H28O2. The highest BCUT2D eigenvalue weighted by atomic mass is 16.5. The van der Waals surface area contributed by atoms with Crippen LogP contribution >= 0.6 is 0 Å². The van der Waals surface area contributed by atoms with Crippen LogP contribution in [0.25, 0.3) is 0 Å². The highest BCUT2D eigenvalue weighted by Gasteiger charge is 2.23. The first-order chi connectivity index (χ1) is 11.6. The van der Waals surface area contributed by atoms with Gasteiger partial charge in [-0.1, -0.05) is 73.5 Å². The molecule has 0 fully saturated rings. The number of hydrogen-bond donors (Lipinski definition) is 2. The first-order valence-corrected chi connectivity index (χ1v) is 8.70. The van der Waals surface area contributed by atoms with Crippen LogP contribution in [0.5, 0.6) is 0 Å². The molecule has 2 aromatic rings. The zero-order valence-corrected chi connectivity index (χ0v) is 14.7. The number of allylic oxidation sites excluding steroid dienone is 1. The van der Waals surface area contributed by atoms with Gasteiger partial charge in [0.15, 0.2) is 6.29 Å². The first kappa shape index (κ1) is 18.4. The lowest BCUT2D eigenvalue weighted by atomic mass is 9.77. The molecule has 0 aromatic heterocycles. The highest BCUT2D eigenvalue weighted by Crippen LogP contribution is 2.39. The Morgan fingerprint density at radius 2 is 1.38 bits per heavy atom. The lowest BCUT2D eigenvalue weighted by molar-refractivity contribution is -0.0424. The first-order valence-electron chi connectivity index (χ1n) is 8.70. The molecule has 0 aliphatic heterocycles.